The zero-order valence-corrected chi connectivity index (χ0v) is 16.7. The van der Waals surface area contributed by atoms with Crippen LogP contribution in [-0.4, -0.2) is 50.1 Å². The average Bonchev–Trinajstić information content (AvgIpc) is 2.71. The predicted octanol–water partition coefficient (Wildman–Crippen LogP) is 4.44. The number of nitrogens with zero attached hydrogens (tertiary/aromatic N) is 2. The van der Waals surface area contributed by atoms with Crippen molar-refractivity contribution in [3.8, 4) is 5.75 Å². The van der Waals surface area contributed by atoms with Crippen LogP contribution in [0.15, 0.2) is 66.7 Å². The molecular weight excluding hydrogens is 350 g/mol. The number of benzene rings is 3. The van der Waals surface area contributed by atoms with Crippen molar-refractivity contribution in [2.24, 2.45) is 0 Å². The van der Waals surface area contributed by atoms with E-state index >= 15 is 0 Å². The molecule has 0 saturated carbocycles. The molecule has 0 atom stereocenters. The summed E-state index contributed by atoms with van der Waals surface area (Å²) < 4.78 is 5.18. The molecule has 0 aliphatic heterocycles. The molecule has 5 heteroatoms. The Kier molecular flexibility index (Phi) is 6.50. The Hall–Kier alpha value is -3.05. The highest BCUT2D eigenvalue weighted by atomic mass is 16.5. The number of methoxy groups -OCH3 is 1. The number of amides is 2. The van der Waals surface area contributed by atoms with Crippen LogP contribution in [-0.2, 0) is 6.54 Å². The van der Waals surface area contributed by atoms with E-state index in [4.69, 9.17) is 4.74 Å². The van der Waals surface area contributed by atoms with Crippen molar-refractivity contribution >= 4 is 22.5 Å². The lowest BCUT2D eigenvalue weighted by molar-refractivity contribution is 0.202. The first kappa shape index (κ1) is 19.7. The first-order chi connectivity index (χ1) is 13.6. The highest BCUT2D eigenvalue weighted by Gasteiger charge is 2.16. The SMILES string of the molecule is COc1ccc(NC(=O)N(CCN(C)C)Cc2cccc3ccccc23)cc1. The topological polar surface area (TPSA) is 44.8 Å². The zero-order valence-electron chi connectivity index (χ0n) is 16.7. The lowest BCUT2D eigenvalue weighted by Crippen LogP contribution is -2.39. The van der Waals surface area contributed by atoms with E-state index in [1.807, 2.05) is 61.5 Å². The summed E-state index contributed by atoms with van der Waals surface area (Å²) in [5.74, 6) is 0.762. The van der Waals surface area contributed by atoms with Crippen LogP contribution in [0.2, 0.25) is 0 Å². The molecule has 3 aromatic rings. The van der Waals surface area contributed by atoms with Gasteiger partial charge in [-0.3, -0.25) is 0 Å². The van der Waals surface area contributed by atoms with Gasteiger partial charge < -0.3 is 19.9 Å². The minimum absolute atomic E-state index is 0.111. The molecule has 0 radical (unpaired) electrons. The normalized spacial score (nSPS) is 10.9. The molecule has 0 saturated heterocycles. The maximum absolute atomic E-state index is 13.0. The Labute approximate surface area is 166 Å². The molecule has 0 aliphatic carbocycles. The molecule has 28 heavy (non-hydrogen) atoms. The van der Waals surface area contributed by atoms with Gasteiger partial charge in [0.05, 0.1) is 7.11 Å². The van der Waals surface area contributed by atoms with Gasteiger partial charge in [-0.1, -0.05) is 42.5 Å². The average molecular weight is 377 g/mol. The molecule has 0 fully saturated rings. The van der Waals surface area contributed by atoms with Crippen LogP contribution in [0.5, 0.6) is 5.75 Å². The van der Waals surface area contributed by atoms with Gasteiger partial charge in [-0.25, -0.2) is 4.79 Å². The van der Waals surface area contributed by atoms with Crippen molar-refractivity contribution in [2.75, 3.05) is 39.6 Å². The van der Waals surface area contributed by atoms with Crippen molar-refractivity contribution in [3.63, 3.8) is 0 Å². The quantitative estimate of drug-likeness (QED) is 0.662. The molecule has 0 bridgehead atoms. The standard InChI is InChI=1S/C23H27N3O2/c1-25(2)15-16-26(23(27)24-20-11-13-21(28-3)14-12-20)17-19-9-6-8-18-7-4-5-10-22(18)19/h4-14H,15-17H2,1-3H3,(H,24,27). The van der Waals surface area contributed by atoms with Gasteiger partial charge in [0, 0.05) is 25.3 Å². The van der Waals surface area contributed by atoms with Crippen LogP contribution in [0.25, 0.3) is 10.8 Å². The number of carbonyl (C=O) groups is 1. The second-order valence-corrected chi connectivity index (χ2v) is 7.02. The van der Waals surface area contributed by atoms with Crippen LogP contribution >= 0.6 is 0 Å². The summed E-state index contributed by atoms with van der Waals surface area (Å²) in [6.45, 7) is 1.98. The number of ether oxygens (including phenoxy) is 1. The van der Waals surface area contributed by atoms with Gasteiger partial charge in [-0.2, -0.15) is 0 Å². The Bertz CT molecular complexity index is 917. The summed E-state index contributed by atoms with van der Waals surface area (Å²) >= 11 is 0. The second-order valence-electron chi connectivity index (χ2n) is 7.02. The number of nitrogens with one attached hydrogen (secondary N) is 1. The molecule has 2 amide bonds. The van der Waals surface area contributed by atoms with Gasteiger partial charge in [0.1, 0.15) is 5.75 Å². The fourth-order valence-corrected chi connectivity index (χ4v) is 3.09. The zero-order chi connectivity index (χ0) is 19.9. The van der Waals surface area contributed by atoms with Crippen molar-refractivity contribution in [3.05, 3.63) is 72.3 Å². The third-order valence-corrected chi connectivity index (χ3v) is 4.69. The molecule has 0 aliphatic rings. The van der Waals surface area contributed by atoms with Gasteiger partial charge in [-0.15, -0.1) is 0 Å². The number of urea groups is 1. The van der Waals surface area contributed by atoms with Gasteiger partial charge in [0.2, 0.25) is 0 Å². The lowest BCUT2D eigenvalue weighted by Gasteiger charge is -2.25. The number of rotatable bonds is 7. The summed E-state index contributed by atoms with van der Waals surface area (Å²) in [5.41, 5.74) is 1.89. The third-order valence-electron chi connectivity index (χ3n) is 4.69. The fourth-order valence-electron chi connectivity index (χ4n) is 3.09. The van der Waals surface area contributed by atoms with E-state index in [2.05, 4.69) is 34.5 Å². The van der Waals surface area contributed by atoms with E-state index in [9.17, 15) is 4.79 Å². The van der Waals surface area contributed by atoms with Crippen LogP contribution in [0.3, 0.4) is 0 Å². The lowest BCUT2D eigenvalue weighted by atomic mass is 10.0. The highest BCUT2D eigenvalue weighted by molar-refractivity contribution is 5.90. The number of hydrogen-bond acceptors (Lipinski definition) is 3. The number of likely N-dealkylation sites (N-methyl/N-ethyl adjacent to an activating group) is 1. The highest BCUT2D eigenvalue weighted by Crippen LogP contribution is 2.21. The van der Waals surface area contributed by atoms with Crippen LogP contribution in [0, 0.1) is 0 Å². The molecular formula is C23H27N3O2. The maximum atomic E-state index is 13.0. The Morgan fingerprint density at radius 2 is 1.64 bits per heavy atom. The molecule has 0 heterocycles. The van der Waals surface area contributed by atoms with E-state index in [1.54, 1.807) is 7.11 Å². The van der Waals surface area contributed by atoms with E-state index in [-0.39, 0.29) is 6.03 Å². The molecule has 1 N–H and O–H groups in total. The summed E-state index contributed by atoms with van der Waals surface area (Å²) in [5, 5.41) is 5.36. The summed E-state index contributed by atoms with van der Waals surface area (Å²) in [4.78, 5) is 16.9. The maximum Gasteiger partial charge on any atom is 0.322 e. The molecule has 0 spiro atoms. The minimum atomic E-state index is -0.111. The minimum Gasteiger partial charge on any atom is -0.497 e. The summed E-state index contributed by atoms with van der Waals surface area (Å²) in [6, 6.07) is 21.8. The smallest absolute Gasteiger partial charge is 0.322 e. The molecule has 0 unspecified atom stereocenters. The number of hydrogen-bond donors (Lipinski definition) is 1. The Balaban J connectivity index is 1.80. The Morgan fingerprint density at radius 3 is 2.36 bits per heavy atom. The largest absolute Gasteiger partial charge is 0.497 e. The van der Waals surface area contributed by atoms with Gasteiger partial charge in [0.15, 0.2) is 0 Å². The molecule has 5 nitrogen and oxygen atoms in total. The monoisotopic (exact) mass is 377 g/mol. The van der Waals surface area contributed by atoms with Crippen molar-refractivity contribution in [1.82, 2.24) is 9.80 Å². The van der Waals surface area contributed by atoms with E-state index in [0.29, 0.717) is 13.1 Å². The summed E-state index contributed by atoms with van der Waals surface area (Å²) in [7, 11) is 5.65. The van der Waals surface area contributed by atoms with E-state index < -0.39 is 0 Å². The van der Waals surface area contributed by atoms with Gasteiger partial charge >= 0.3 is 6.03 Å². The molecule has 146 valence electrons. The van der Waals surface area contributed by atoms with Crippen molar-refractivity contribution in [1.29, 1.82) is 0 Å². The number of anilines is 1. The molecule has 0 aromatic heterocycles. The first-order valence-electron chi connectivity index (χ1n) is 9.38. The fraction of sp³-hybridized carbons (Fsp3) is 0.261. The Morgan fingerprint density at radius 1 is 0.929 bits per heavy atom. The number of fused-ring (bicyclic) bond motifs is 1. The summed E-state index contributed by atoms with van der Waals surface area (Å²) in [6.07, 6.45) is 0. The van der Waals surface area contributed by atoms with Crippen LogP contribution < -0.4 is 10.1 Å². The molecule has 3 aromatic carbocycles. The first-order valence-corrected chi connectivity index (χ1v) is 9.38. The third kappa shape index (κ3) is 5.02. The number of carbonyl (C=O) groups excluding carboxylic acids is 1. The van der Waals surface area contributed by atoms with E-state index in [1.165, 1.54) is 10.8 Å². The van der Waals surface area contributed by atoms with Crippen LogP contribution in [0.1, 0.15) is 5.56 Å². The molecule has 3 rings (SSSR count). The second kappa shape index (κ2) is 9.24. The van der Waals surface area contributed by atoms with Gasteiger partial charge in [-0.05, 0) is 54.7 Å². The van der Waals surface area contributed by atoms with Crippen LogP contribution in [0.4, 0.5) is 10.5 Å². The van der Waals surface area contributed by atoms with Crippen molar-refractivity contribution < 1.29 is 9.53 Å². The predicted molar refractivity (Wildman–Crippen MR) is 115 cm³/mol. The van der Waals surface area contributed by atoms with Gasteiger partial charge in [0.25, 0.3) is 0 Å². The van der Waals surface area contributed by atoms with E-state index in [0.717, 1.165) is 23.5 Å². The van der Waals surface area contributed by atoms with Crippen molar-refractivity contribution in [2.45, 2.75) is 6.54 Å².